The van der Waals surface area contributed by atoms with Crippen molar-refractivity contribution in [2.24, 2.45) is 0 Å². The van der Waals surface area contributed by atoms with Crippen molar-refractivity contribution in [3.05, 3.63) is 23.3 Å². The van der Waals surface area contributed by atoms with E-state index in [-0.39, 0.29) is 0 Å². The van der Waals surface area contributed by atoms with Gasteiger partial charge in [0.2, 0.25) is 0 Å². The lowest BCUT2D eigenvalue weighted by molar-refractivity contribution is 0.0987. The van der Waals surface area contributed by atoms with Crippen molar-refractivity contribution in [1.82, 2.24) is 0 Å². The van der Waals surface area contributed by atoms with Crippen LogP contribution in [0.5, 0.6) is 0 Å². The van der Waals surface area contributed by atoms with Crippen molar-refractivity contribution in [3.63, 3.8) is 0 Å². The van der Waals surface area contributed by atoms with E-state index >= 15 is 0 Å². The molecule has 0 bridgehead atoms. The standard InChI is InChI=1S/C12H14N2O2/c1-9-10(2)12(4,16-8-14)6-5-11(9,3)15-7-13/h5-6H,1-4H3. The van der Waals surface area contributed by atoms with Gasteiger partial charge in [0.15, 0.2) is 11.2 Å². The van der Waals surface area contributed by atoms with E-state index in [1.807, 2.05) is 13.8 Å². The first-order valence-corrected chi connectivity index (χ1v) is 4.92. The summed E-state index contributed by atoms with van der Waals surface area (Å²) in [6, 6.07) is 0. The lowest BCUT2D eigenvalue weighted by atomic mass is 9.79. The summed E-state index contributed by atoms with van der Waals surface area (Å²) in [6.07, 6.45) is 6.89. The highest BCUT2D eigenvalue weighted by atomic mass is 16.5. The third-order valence-electron chi connectivity index (χ3n) is 3.29. The molecule has 0 saturated carbocycles. The second kappa shape index (κ2) is 3.90. The molecule has 0 aliphatic heterocycles. The molecule has 0 heterocycles. The molecule has 1 aliphatic rings. The molecule has 1 rings (SSSR count). The van der Waals surface area contributed by atoms with Gasteiger partial charge in [-0.25, -0.2) is 0 Å². The Morgan fingerprint density at radius 3 is 1.50 bits per heavy atom. The Hall–Kier alpha value is -1.94. The van der Waals surface area contributed by atoms with Crippen molar-refractivity contribution in [1.29, 1.82) is 10.5 Å². The monoisotopic (exact) mass is 218 g/mol. The minimum Gasteiger partial charge on any atom is -0.412 e. The molecule has 84 valence electrons. The van der Waals surface area contributed by atoms with Crippen LogP contribution in [0.15, 0.2) is 23.3 Å². The van der Waals surface area contributed by atoms with Gasteiger partial charge in [0.25, 0.3) is 12.5 Å². The Labute approximate surface area is 95.4 Å². The summed E-state index contributed by atoms with van der Waals surface area (Å²) in [6.45, 7) is 7.35. The summed E-state index contributed by atoms with van der Waals surface area (Å²) >= 11 is 0. The van der Waals surface area contributed by atoms with Crippen molar-refractivity contribution in [2.75, 3.05) is 0 Å². The number of hydrogen-bond donors (Lipinski definition) is 0. The molecular formula is C12H14N2O2. The van der Waals surface area contributed by atoms with Crippen LogP contribution in [0.3, 0.4) is 0 Å². The van der Waals surface area contributed by atoms with Crippen molar-refractivity contribution in [2.45, 2.75) is 38.9 Å². The molecule has 2 atom stereocenters. The van der Waals surface area contributed by atoms with E-state index in [1.165, 1.54) is 0 Å². The van der Waals surface area contributed by atoms with Crippen LogP contribution in [-0.4, -0.2) is 11.2 Å². The molecule has 2 unspecified atom stereocenters. The maximum atomic E-state index is 8.61. The van der Waals surface area contributed by atoms with Crippen LogP contribution in [-0.2, 0) is 9.47 Å². The van der Waals surface area contributed by atoms with Gasteiger partial charge in [-0.3, -0.25) is 0 Å². The zero-order valence-corrected chi connectivity index (χ0v) is 9.87. The maximum Gasteiger partial charge on any atom is 0.287 e. The van der Waals surface area contributed by atoms with Crippen LogP contribution in [0.25, 0.3) is 0 Å². The van der Waals surface area contributed by atoms with Gasteiger partial charge in [-0.15, -0.1) is 0 Å². The van der Waals surface area contributed by atoms with E-state index in [1.54, 1.807) is 38.5 Å². The fourth-order valence-corrected chi connectivity index (χ4v) is 1.72. The van der Waals surface area contributed by atoms with E-state index in [9.17, 15) is 0 Å². The third-order valence-corrected chi connectivity index (χ3v) is 3.29. The number of nitriles is 2. The Bertz CT molecular complexity index is 399. The molecule has 16 heavy (non-hydrogen) atoms. The number of ether oxygens (including phenoxy) is 2. The average Bonchev–Trinajstić information content (AvgIpc) is 2.23. The van der Waals surface area contributed by atoms with Gasteiger partial charge in [0, 0.05) is 0 Å². The molecule has 0 spiro atoms. The van der Waals surface area contributed by atoms with Gasteiger partial charge in [0.1, 0.15) is 0 Å². The van der Waals surface area contributed by atoms with E-state index in [0.717, 1.165) is 11.1 Å². The average molecular weight is 218 g/mol. The fraction of sp³-hybridized carbons (Fsp3) is 0.500. The SMILES string of the molecule is CC1=C(C)C(C)(OC#N)C=CC1(C)OC#N. The topological polar surface area (TPSA) is 66.0 Å². The van der Waals surface area contributed by atoms with Gasteiger partial charge in [-0.05, 0) is 51.0 Å². The molecule has 0 aromatic carbocycles. The van der Waals surface area contributed by atoms with E-state index in [2.05, 4.69) is 0 Å². The Balaban J connectivity index is 3.18. The van der Waals surface area contributed by atoms with E-state index < -0.39 is 11.2 Å². The van der Waals surface area contributed by atoms with E-state index in [0.29, 0.717) is 0 Å². The first-order chi connectivity index (χ1) is 7.39. The van der Waals surface area contributed by atoms with Crippen LogP contribution in [0.4, 0.5) is 0 Å². The molecule has 4 nitrogen and oxygen atoms in total. The molecule has 0 aromatic rings. The molecule has 0 fully saturated rings. The van der Waals surface area contributed by atoms with Crippen molar-refractivity contribution >= 4 is 0 Å². The highest BCUT2D eigenvalue weighted by molar-refractivity contribution is 5.41. The maximum absolute atomic E-state index is 8.61. The predicted octanol–water partition coefficient (Wildman–Crippen LogP) is 2.41. The van der Waals surface area contributed by atoms with Crippen LogP contribution in [0.1, 0.15) is 27.7 Å². The lowest BCUT2D eigenvalue weighted by Gasteiger charge is -2.36. The molecule has 4 heteroatoms. The summed E-state index contributed by atoms with van der Waals surface area (Å²) in [7, 11) is 0. The van der Waals surface area contributed by atoms with Crippen LogP contribution in [0, 0.1) is 23.0 Å². The second-order valence-corrected chi connectivity index (χ2v) is 4.18. The third kappa shape index (κ3) is 1.75. The first kappa shape index (κ1) is 12.1. The summed E-state index contributed by atoms with van der Waals surface area (Å²) in [5.41, 5.74) is 0.289. The Kier molecular flexibility index (Phi) is 2.96. The summed E-state index contributed by atoms with van der Waals surface area (Å²) < 4.78 is 10.1. The quantitative estimate of drug-likeness (QED) is 0.527. The highest BCUT2D eigenvalue weighted by Gasteiger charge is 2.39. The van der Waals surface area contributed by atoms with Crippen molar-refractivity contribution < 1.29 is 9.47 Å². The summed E-state index contributed by atoms with van der Waals surface area (Å²) in [5.74, 6) is 0. The fourth-order valence-electron chi connectivity index (χ4n) is 1.72. The molecule has 1 aliphatic carbocycles. The summed E-state index contributed by atoms with van der Waals surface area (Å²) in [4.78, 5) is 0. The zero-order valence-electron chi connectivity index (χ0n) is 9.87. The smallest absolute Gasteiger partial charge is 0.287 e. The number of nitrogens with zero attached hydrogens (tertiary/aromatic N) is 2. The van der Waals surface area contributed by atoms with Crippen LogP contribution < -0.4 is 0 Å². The molecular weight excluding hydrogens is 204 g/mol. The van der Waals surface area contributed by atoms with E-state index in [4.69, 9.17) is 20.0 Å². The van der Waals surface area contributed by atoms with Gasteiger partial charge >= 0.3 is 0 Å². The van der Waals surface area contributed by atoms with Crippen LogP contribution in [0.2, 0.25) is 0 Å². The zero-order chi connectivity index (χ0) is 12.4. The largest absolute Gasteiger partial charge is 0.412 e. The number of hydrogen-bond acceptors (Lipinski definition) is 4. The molecule has 0 N–H and O–H groups in total. The second-order valence-electron chi connectivity index (χ2n) is 4.18. The van der Waals surface area contributed by atoms with Gasteiger partial charge in [0.05, 0.1) is 0 Å². The predicted molar refractivity (Wildman–Crippen MR) is 57.7 cm³/mol. The normalized spacial score (nSPS) is 32.9. The minimum absolute atomic E-state index is 0.739. The van der Waals surface area contributed by atoms with Gasteiger partial charge < -0.3 is 9.47 Å². The van der Waals surface area contributed by atoms with Crippen LogP contribution >= 0.6 is 0 Å². The minimum atomic E-state index is -0.739. The Morgan fingerprint density at radius 2 is 1.25 bits per heavy atom. The Morgan fingerprint density at radius 1 is 0.938 bits per heavy atom. The van der Waals surface area contributed by atoms with Gasteiger partial charge in [-0.1, -0.05) is 0 Å². The molecule has 0 saturated heterocycles. The molecule has 0 amide bonds. The van der Waals surface area contributed by atoms with Crippen molar-refractivity contribution in [3.8, 4) is 12.5 Å². The lowest BCUT2D eigenvalue weighted by Crippen LogP contribution is -2.38. The molecule has 0 aromatic heterocycles. The molecule has 0 radical (unpaired) electrons. The van der Waals surface area contributed by atoms with Gasteiger partial charge in [-0.2, -0.15) is 10.5 Å². The first-order valence-electron chi connectivity index (χ1n) is 4.92. The number of rotatable bonds is 2. The highest BCUT2D eigenvalue weighted by Crippen LogP contribution is 2.37. The summed E-state index contributed by atoms with van der Waals surface area (Å²) in [5, 5.41) is 17.2.